The predicted molar refractivity (Wildman–Crippen MR) is 88.7 cm³/mol. The average Bonchev–Trinajstić information content (AvgIpc) is 3.17. The molecule has 1 heterocycles. The number of hydrogen-bond donors (Lipinski definition) is 0. The van der Waals surface area contributed by atoms with Crippen LogP contribution in [-0.4, -0.2) is 13.2 Å². The van der Waals surface area contributed by atoms with Crippen LogP contribution in [0.15, 0.2) is 30.3 Å². The Morgan fingerprint density at radius 1 is 1.09 bits per heavy atom. The van der Waals surface area contributed by atoms with Crippen molar-refractivity contribution in [1.82, 2.24) is 0 Å². The minimum absolute atomic E-state index is 0.168. The van der Waals surface area contributed by atoms with E-state index < -0.39 is 0 Å². The van der Waals surface area contributed by atoms with Crippen LogP contribution in [0.1, 0.15) is 25.7 Å². The van der Waals surface area contributed by atoms with Crippen LogP contribution in [-0.2, 0) is 0 Å². The van der Waals surface area contributed by atoms with Crippen molar-refractivity contribution < 1.29 is 13.9 Å². The highest BCUT2D eigenvalue weighted by atomic mass is 32.1. The molecule has 1 saturated carbocycles. The first-order chi connectivity index (χ1) is 10.8. The molecular formula is C18H17FO2S. The molecule has 0 atom stereocenters. The number of hydrogen-bond acceptors (Lipinski definition) is 3. The Labute approximate surface area is 132 Å². The Morgan fingerprint density at radius 3 is 2.64 bits per heavy atom. The molecule has 0 unspecified atom stereocenters. The van der Waals surface area contributed by atoms with Crippen molar-refractivity contribution in [1.29, 1.82) is 0 Å². The molecule has 1 aliphatic carbocycles. The lowest BCUT2D eigenvalue weighted by atomic mass is 10.1. The summed E-state index contributed by atoms with van der Waals surface area (Å²) < 4.78 is 27.6. The van der Waals surface area contributed by atoms with E-state index in [1.54, 1.807) is 13.2 Å². The normalized spacial score (nSPS) is 15.7. The molecule has 1 aliphatic rings. The summed E-state index contributed by atoms with van der Waals surface area (Å²) in [5.74, 6) is 0.949. The molecule has 114 valence electrons. The zero-order valence-electron chi connectivity index (χ0n) is 12.4. The number of fused-ring (bicyclic) bond motifs is 3. The maximum Gasteiger partial charge on any atom is 0.182 e. The summed E-state index contributed by atoms with van der Waals surface area (Å²) in [6.45, 7) is 0. The van der Waals surface area contributed by atoms with Gasteiger partial charge in [-0.1, -0.05) is 0 Å². The molecule has 0 spiro atoms. The maximum absolute atomic E-state index is 14.8. The molecule has 1 fully saturated rings. The van der Waals surface area contributed by atoms with Gasteiger partial charge in [0.05, 0.1) is 17.9 Å². The summed E-state index contributed by atoms with van der Waals surface area (Å²) in [6.07, 6.45) is 4.58. The predicted octanol–water partition coefficient (Wildman–Crippen LogP) is 5.52. The molecule has 4 heteroatoms. The highest BCUT2D eigenvalue weighted by molar-refractivity contribution is 7.25. The van der Waals surface area contributed by atoms with Crippen LogP contribution in [0.4, 0.5) is 4.39 Å². The Kier molecular flexibility index (Phi) is 3.41. The second-order valence-electron chi connectivity index (χ2n) is 5.74. The largest absolute Gasteiger partial charge is 0.497 e. The smallest absolute Gasteiger partial charge is 0.182 e. The third-order valence-corrected chi connectivity index (χ3v) is 5.51. The van der Waals surface area contributed by atoms with Gasteiger partial charge in [0.15, 0.2) is 11.6 Å². The van der Waals surface area contributed by atoms with Gasteiger partial charge in [-0.25, -0.2) is 4.39 Å². The van der Waals surface area contributed by atoms with E-state index in [4.69, 9.17) is 9.47 Å². The summed E-state index contributed by atoms with van der Waals surface area (Å²) in [5.41, 5.74) is 0. The van der Waals surface area contributed by atoms with Crippen molar-refractivity contribution in [3.63, 3.8) is 0 Å². The van der Waals surface area contributed by atoms with E-state index in [-0.39, 0.29) is 11.9 Å². The van der Waals surface area contributed by atoms with E-state index in [1.807, 2.05) is 24.3 Å². The first kappa shape index (κ1) is 13.8. The Morgan fingerprint density at radius 2 is 1.86 bits per heavy atom. The van der Waals surface area contributed by atoms with E-state index >= 15 is 0 Å². The molecule has 3 aromatic rings. The van der Waals surface area contributed by atoms with Crippen molar-refractivity contribution in [2.45, 2.75) is 31.8 Å². The van der Waals surface area contributed by atoms with Gasteiger partial charge in [-0.05, 0) is 56.0 Å². The molecule has 1 aromatic heterocycles. The second kappa shape index (κ2) is 5.43. The van der Waals surface area contributed by atoms with Gasteiger partial charge in [-0.3, -0.25) is 0 Å². The van der Waals surface area contributed by atoms with Gasteiger partial charge in [0, 0.05) is 15.5 Å². The molecule has 0 N–H and O–H groups in total. The maximum atomic E-state index is 14.8. The number of rotatable bonds is 3. The van der Waals surface area contributed by atoms with Crippen LogP contribution >= 0.6 is 11.3 Å². The van der Waals surface area contributed by atoms with E-state index in [1.165, 1.54) is 24.2 Å². The summed E-state index contributed by atoms with van der Waals surface area (Å²) in [7, 11) is 1.64. The Bertz CT molecular complexity index is 834. The standard InChI is InChI=1S/C18H17FO2S/c1-20-12-6-7-13-14-8-9-15(21-11-4-2-3-5-11)17(19)18(14)22-16(13)10-12/h6-11H,2-5H2,1H3. The molecule has 0 radical (unpaired) electrons. The van der Waals surface area contributed by atoms with Crippen LogP contribution in [0.25, 0.3) is 20.2 Å². The van der Waals surface area contributed by atoms with E-state index in [0.717, 1.165) is 34.1 Å². The highest BCUT2D eigenvalue weighted by Crippen LogP contribution is 2.40. The number of ether oxygens (including phenoxy) is 2. The fourth-order valence-corrected chi connectivity index (χ4v) is 4.33. The zero-order valence-corrected chi connectivity index (χ0v) is 13.2. The van der Waals surface area contributed by atoms with Gasteiger partial charge < -0.3 is 9.47 Å². The second-order valence-corrected chi connectivity index (χ2v) is 6.80. The summed E-state index contributed by atoms with van der Waals surface area (Å²) in [5, 5.41) is 2.01. The van der Waals surface area contributed by atoms with Crippen molar-refractivity contribution in [2.75, 3.05) is 7.11 Å². The van der Waals surface area contributed by atoms with Gasteiger partial charge in [-0.2, -0.15) is 0 Å². The topological polar surface area (TPSA) is 18.5 Å². The third-order valence-electron chi connectivity index (χ3n) is 4.35. The molecule has 4 rings (SSSR count). The summed E-state index contributed by atoms with van der Waals surface area (Å²) in [6, 6.07) is 9.59. The number of methoxy groups -OCH3 is 1. The van der Waals surface area contributed by atoms with Gasteiger partial charge in [0.25, 0.3) is 0 Å². The Balaban J connectivity index is 1.81. The fourth-order valence-electron chi connectivity index (χ4n) is 3.17. The minimum Gasteiger partial charge on any atom is -0.497 e. The SMILES string of the molecule is COc1ccc2c(c1)sc1c(F)c(OC3CCCC3)ccc12. The molecule has 2 nitrogen and oxygen atoms in total. The molecular weight excluding hydrogens is 299 g/mol. The first-order valence-corrected chi connectivity index (χ1v) is 8.43. The average molecular weight is 316 g/mol. The number of halogens is 1. The monoisotopic (exact) mass is 316 g/mol. The lowest BCUT2D eigenvalue weighted by Crippen LogP contribution is -2.11. The van der Waals surface area contributed by atoms with Crippen LogP contribution in [0.2, 0.25) is 0 Å². The van der Waals surface area contributed by atoms with Crippen molar-refractivity contribution in [2.24, 2.45) is 0 Å². The molecule has 22 heavy (non-hydrogen) atoms. The quantitative estimate of drug-likeness (QED) is 0.633. The van der Waals surface area contributed by atoms with Gasteiger partial charge in [0.2, 0.25) is 0 Å². The summed E-state index contributed by atoms with van der Waals surface area (Å²) in [4.78, 5) is 0. The van der Waals surface area contributed by atoms with Crippen LogP contribution in [0.3, 0.4) is 0 Å². The van der Waals surface area contributed by atoms with Gasteiger partial charge in [-0.15, -0.1) is 11.3 Å². The highest BCUT2D eigenvalue weighted by Gasteiger charge is 2.20. The molecule has 0 saturated heterocycles. The van der Waals surface area contributed by atoms with E-state index in [2.05, 4.69) is 0 Å². The lowest BCUT2D eigenvalue weighted by molar-refractivity contribution is 0.201. The molecule has 0 aliphatic heterocycles. The van der Waals surface area contributed by atoms with Crippen LogP contribution in [0.5, 0.6) is 11.5 Å². The lowest BCUT2D eigenvalue weighted by Gasteiger charge is -2.13. The zero-order chi connectivity index (χ0) is 15.1. The minimum atomic E-state index is -0.232. The van der Waals surface area contributed by atoms with Gasteiger partial charge >= 0.3 is 0 Å². The summed E-state index contributed by atoms with van der Waals surface area (Å²) >= 11 is 1.45. The third kappa shape index (κ3) is 2.22. The number of thiophene rings is 1. The Hall–Kier alpha value is -1.81. The van der Waals surface area contributed by atoms with Crippen LogP contribution in [0, 0.1) is 5.82 Å². The molecule has 0 amide bonds. The van der Waals surface area contributed by atoms with Crippen molar-refractivity contribution in [3.05, 3.63) is 36.1 Å². The van der Waals surface area contributed by atoms with E-state index in [0.29, 0.717) is 10.4 Å². The van der Waals surface area contributed by atoms with Crippen molar-refractivity contribution in [3.8, 4) is 11.5 Å². The van der Waals surface area contributed by atoms with Crippen LogP contribution < -0.4 is 9.47 Å². The fraction of sp³-hybridized carbons (Fsp3) is 0.333. The van der Waals surface area contributed by atoms with Crippen molar-refractivity contribution >= 4 is 31.5 Å². The van der Waals surface area contributed by atoms with Gasteiger partial charge in [0.1, 0.15) is 5.75 Å². The number of benzene rings is 2. The molecule has 0 bridgehead atoms. The molecule has 2 aromatic carbocycles. The van der Waals surface area contributed by atoms with E-state index in [9.17, 15) is 4.39 Å². The first-order valence-electron chi connectivity index (χ1n) is 7.61.